The first-order valence-electron chi connectivity index (χ1n) is 4.84. The Morgan fingerprint density at radius 1 is 1.64 bits per heavy atom. The molecular formula is C9H17N3S2. The molecule has 0 radical (unpaired) electrons. The van der Waals surface area contributed by atoms with Crippen LogP contribution >= 0.6 is 23.3 Å². The lowest BCUT2D eigenvalue weighted by atomic mass is 10.0. The molecule has 5 heteroatoms. The Bertz CT molecular complexity index is 238. The molecule has 0 aliphatic carbocycles. The van der Waals surface area contributed by atoms with Crippen molar-refractivity contribution < 1.29 is 0 Å². The predicted molar refractivity (Wildman–Crippen MR) is 62.9 cm³/mol. The Kier molecular flexibility index (Phi) is 5.44. The molecule has 1 heterocycles. The van der Waals surface area contributed by atoms with E-state index in [1.807, 2.05) is 7.05 Å². The summed E-state index contributed by atoms with van der Waals surface area (Å²) in [7, 11) is 2.03. The minimum Gasteiger partial charge on any atom is -0.316 e. The Morgan fingerprint density at radius 2 is 2.43 bits per heavy atom. The summed E-state index contributed by atoms with van der Waals surface area (Å²) in [5, 5.41) is 3.35. The minimum atomic E-state index is 0.564. The van der Waals surface area contributed by atoms with E-state index < -0.39 is 0 Å². The molecular weight excluding hydrogens is 214 g/mol. The number of aromatic nitrogens is 2. The topological polar surface area (TPSA) is 37.8 Å². The molecule has 0 aliphatic rings. The van der Waals surface area contributed by atoms with Crippen molar-refractivity contribution in [3.05, 3.63) is 6.33 Å². The molecule has 0 spiro atoms. The van der Waals surface area contributed by atoms with Gasteiger partial charge in [0.05, 0.1) is 0 Å². The van der Waals surface area contributed by atoms with Gasteiger partial charge in [-0.05, 0) is 24.5 Å². The maximum atomic E-state index is 4.15. The molecule has 0 aromatic carbocycles. The molecule has 1 aromatic heterocycles. The first kappa shape index (κ1) is 11.9. The molecule has 0 aliphatic heterocycles. The Morgan fingerprint density at radius 3 is 2.93 bits per heavy atom. The zero-order valence-corrected chi connectivity index (χ0v) is 10.5. The van der Waals surface area contributed by atoms with Crippen LogP contribution < -0.4 is 5.32 Å². The van der Waals surface area contributed by atoms with E-state index in [9.17, 15) is 0 Å². The summed E-state index contributed by atoms with van der Waals surface area (Å²) in [5.74, 6) is 1.78. The highest BCUT2D eigenvalue weighted by Gasteiger charge is 2.14. The maximum absolute atomic E-state index is 4.15. The number of thioether (sulfide) groups is 1. The van der Waals surface area contributed by atoms with Crippen LogP contribution in [0, 0.1) is 5.92 Å². The van der Waals surface area contributed by atoms with Crippen LogP contribution in [0.5, 0.6) is 0 Å². The van der Waals surface area contributed by atoms with Crippen LogP contribution in [-0.4, -0.2) is 28.2 Å². The summed E-state index contributed by atoms with van der Waals surface area (Å²) in [4.78, 5) is 4.15. The summed E-state index contributed by atoms with van der Waals surface area (Å²) in [6, 6.07) is 0.564. The molecule has 2 unspecified atom stereocenters. The number of hydrogen-bond acceptors (Lipinski definition) is 5. The van der Waals surface area contributed by atoms with Crippen molar-refractivity contribution >= 4 is 23.3 Å². The number of hydrogen-bond donors (Lipinski definition) is 1. The van der Waals surface area contributed by atoms with Gasteiger partial charge in [0, 0.05) is 11.8 Å². The van der Waals surface area contributed by atoms with E-state index in [4.69, 9.17) is 0 Å². The molecule has 1 aromatic rings. The van der Waals surface area contributed by atoms with Gasteiger partial charge in [-0.15, -0.1) is 0 Å². The second-order valence-electron chi connectivity index (χ2n) is 3.30. The minimum absolute atomic E-state index is 0.564. The Balaban J connectivity index is 2.34. The molecule has 1 rings (SSSR count). The molecule has 0 amide bonds. The van der Waals surface area contributed by atoms with Gasteiger partial charge in [0.15, 0.2) is 4.34 Å². The lowest BCUT2D eigenvalue weighted by Crippen LogP contribution is -2.34. The van der Waals surface area contributed by atoms with Crippen LogP contribution in [0.15, 0.2) is 10.7 Å². The third kappa shape index (κ3) is 3.55. The number of nitrogens with zero attached hydrogens (tertiary/aromatic N) is 2. The monoisotopic (exact) mass is 231 g/mol. The lowest BCUT2D eigenvalue weighted by Gasteiger charge is -2.21. The SMILES string of the molecule is CCC(C)C(CSc1ncns1)NC. The van der Waals surface area contributed by atoms with E-state index in [0.717, 1.165) is 10.1 Å². The molecule has 80 valence electrons. The average molecular weight is 231 g/mol. The van der Waals surface area contributed by atoms with Crippen molar-refractivity contribution in [3.8, 4) is 0 Å². The summed E-state index contributed by atoms with van der Waals surface area (Å²) >= 11 is 3.25. The molecule has 0 fully saturated rings. The normalized spacial score (nSPS) is 15.4. The summed E-state index contributed by atoms with van der Waals surface area (Å²) in [6.45, 7) is 4.51. The Labute approximate surface area is 93.9 Å². The highest BCUT2D eigenvalue weighted by molar-refractivity contribution is 8.00. The predicted octanol–water partition coefficient (Wildman–Crippen LogP) is 2.26. The molecule has 3 nitrogen and oxygen atoms in total. The van der Waals surface area contributed by atoms with Gasteiger partial charge in [0.1, 0.15) is 6.33 Å². The van der Waals surface area contributed by atoms with Crippen LogP contribution in [0.3, 0.4) is 0 Å². The molecule has 0 saturated heterocycles. The maximum Gasteiger partial charge on any atom is 0.169 e. The highest BCUT2D eigenvalue weighted by Crippen LogP contribution is 2.21. The van der Waals surface area contributed by atoms with Gasteiger partial charge in [0.2, 0.25) is 0 Å². The fraction of sp³-hybridized carbons (Fsp3) is 0.778. The van der Waals surface area contributed by atoms with Crippen molar-refractivity contribution in [1.29, 1.82) is 0 Å². The molecule has 1 N–H and O–H groups in total. The third-order valence-corrected chi connectivity index (χ3v) is 4.35. The number of nitrogens with one attached hydrogen (secondary N) is 1. The van der Waals surface area contributed by atoms with Crippen LogP contribution in [-0.2, 0) is 0 Å². The lowest BCUT2D eigenvalue weighted by molar-refractivity contribution is 0.420. The molecule has 2 atom stereocenters. The van der Waals surface area contributed by atoms with E-state index in [1.165, 1.54) is 18.0 Å². The summed E-state index contributed by atoms with van der Waals surface area (Å²) in [5.41, 5.74) is 0. The van der Waals surface area contributed by atoms with E-state index >= 15 is 0 Å². The largest absolute Gasteiger partial charge is 0.316 e. The van der Waals surface area contributed by atoms with Gasteiger partial charge in [-0.2, -0.15) is 4.37 Å². The van der Waals surface area contributed by atoms with Crippen LogP contribution in [0.1, 0.15) is 20.3 Å². The second kappa shape index (κ2) is 6.37. The third-order valence-electron chi connectivity index (χ3n) is 2.43. The average Bonchev–Trinajstić information content (AvgIpc) is 2.71. The highest BCUT2D eigenvalue weighted by atomic mass is 32.2. The van der Waals surface area contributed by atoms with E-state index in [1.54, 1.807) is 18.1 Å². The number of rotatable bonds is 6. The molecule has 0 bridgehead atoms. The molecule has 0 saturated carbocycles. The standard InChI is InChI=1S/C9H17N3S2/c1-4-7(2)8(10-3)5-13-9-11-6-12-14-9/h6-8,10H,4-5H2,1-3H3. The van der Waals surface area contributed by atoms with Gasteiger partial charge in [-0.3, -0.25) is 0 Å². The van der Waals surface area contributed by atoms with Crippen LogP contribution in [0.2, 0.25) is 0 Å². The van der Waals surface area contributed by atoms with Crippen molar-refractivity contribution in [1.82, 2.24) is 14.7 Å². The zero-order chi connectivity index (χ0) is 10.4. The van der Waals surface area contributed by atoms with Crippen molar-refractivity contribution in [2.24, 2.45) is 5.92 Å². The Hall–Kier alpha value is -0.130. The fourth-order valence-corrected chi connectivity index (χ4v) is 2.97. The van der Waals surface area contributed by atoms with Gasteiger partial charge in [-0.25, -0.2) is 4.98 Å². The van der Waals surface area contributed by atoms with E-state index in [-0.39, 0.29) is 0 Å². The zero-order valence-electron chi connectivity index (χ0n) is 8.86. The van der Waals surface area contributed by atoms with E-state index in [2.05, 4.69) is 28.5 Å². The summed E-state index contributed by atoms with van der Waals surface area (Å²) < 4.78 is 5.04. The van der Waals surface area contributed by atoms with Gasteiger partial charge in [-0.1, -0.05) is 32.0 Å². The summed E-state index contributed by atoms with van der Waals surface area (Å²) in [6.07, 6.45) is 2.83. The second-order valence-corrected chi connectivity index (χ2v) is 5.35. The molecule has 14 heavy (non-hydrogen) atoms. The van der Waals surface area contributed by atoms with Crippen LogP contribution in [0.25, 0.3) is 0 Å². The van der Waals surface area contributed by atoms with Crippen LogP contribution in [0.4, 0.5) is 0 Å². The van der Waals surface area contributed by atoms with Gasteiger partial charge >= 0.3 is 0 Å². The fourth-order valence-electron chi connectivity index (χ4n) is 1.20. The van der Waals surface area contributed by atoms with Gasteiger partial charge in [0.25, 0.3) is 0 Å². The first-order chi connectivity index (χ1) is 6.77. The first-order valence-corrected chi connectivity index (χ1v) is 6.60. The van der Waals surface area contributed by atoms with E-state index in [0.29, 0.717) is 12.0 Å². The smallest absolute Gasteiger partial charge is 0.169 e. The quantitative estimate of drug-likeness (QED) is 0.762. The van der Waals surface area contributed by atoms with Crippen molar-refractivity contribution in [3.63, 3.8) is 0 Å². The van der Waals surface area contributed by atoms with Crippen molar-refractivity contribution in [2.45, 2.75) is 30.6 Å². The van der Waals surface area contributed by atoms with Gasteiger partial charge < -0.3 is 5.32 Å². The van der Waals surface area contributed by atoms with Crippen molar-refractivity contribution in [2.75, 3.05) is 12.8 Å².